The number of para-hydroxylation sites is 2. The molecule has 1 atom stereocenters. The summed E-state index contributed by atoms with van der Waals surface area (Å²) in [5, 5.41) is 29.7. The largest absolute Gasteiger partial charge is 0.508 e. The number of hydrogen-bond acceptors (Lipinski definition) is 6. The number of unbranched alkanes of at least 4 members (excludes halogenated alkanes) is 1. The third-order valence-corrected chi connectivity index (χ3v) is 4.92. The van der Waals surface area contributed by atoms with Crippen molar-refractivity contribution in [3.8, 4) is 11.5 Å². The van der Waals surface area contributed by atoms with Crippen LogP contribution in [0.25, 0.3) is 0 Å². The predicted molar refractivity (Wildman–Crippen MR) is 127 cm³/mol. The van der Waals surface area contributed by atoms with Crippen molar-refractivity contribution < 1.29 is 19.7 Å². The molecule has 32 heavy (non-hydrogen) atoms. The molecule has 5 N–H and O–H groups in total. The number of phenolic OH excluding ortho intramolecular Hbond substituents is 2. The number of nitrogens with one attached hydrogen (secondary N) is 3. The average molecular weight is 444 g/mol. The molecule has 0 aliphatic heterocycles. The highest BCUT2D eigenvalue weighted by Gasteiger charge is 2.15. The number of carbonyl (C=O) groups is 1. The van der Waals surface area contributed by atoms with Gasteiger partial charge < -0.3 is 30.9 Å². The van der Waals surface area contributed by atoms with Crippen LogP contribution in [0.3, 0.4) is 0 Å². The van der Waals surface area contributed by atoms with Crippen molar-refractivity contribution in [3.05, 3.63) is 59.7 Å². The van der Waals surface area contributed by atoms with Crippen molar-refractivity contribution in [1.82, 2.24) is 16.0 Å². The number of hydrogen-bond donors (Lipinski definition) is 5. The van der Waals surface area contributed by atoms with Gasteiger partial charge in [-0.3, -0.25) is 0 Å². The van der Waals surface area contributed by atoms with Crippen LogP contribution in [-0.2, 0) is 17.8 Å². The highest BCUT2D eigenvalue weighted by molar-refractivity contribution is 5.67. The number of benzene rings is 2. The maximum absolute atomic E-state index is 11.8. The molecule has 2 aromatic carbocycles. The van der Waals surface area contributed by atoms with E-state index in [1.54, 1.807) is 18.2 Å². The first kappa shape index (κ1) is 25.5. The van der Waals surface area contributed by atoms with Gasteiger partial charge in [0.05, 0.1) is 0 Å². The molecule has 0 saturated carbocycles. The number of phenols is 2. The third kappa shape index (κ3) is 10.0. The minimum absolute atomic E-state index is 0.169. The molecule has 0 heterocycles. The lowest BCUT2D eigenvalue weighted by atomic mass is 10.1. The van der Waals surface area contributed by atoms with E-state index in [1.165, 1.54) is 0 Å². The summed E-state index contributed by atoms with van der Waals surface area (Å²) in [4.78, 5) is 11.8. The molecule has 0 radical (unpaired) electrons. The van der Waals surface area contributed by atoms with Crippen LogP contribution in [0.15, 0.2) is 48.5 Å². The van der Waals surface area contributed by atoms with Crippen molar-refractivity contribution in [2.75, 3.05) is 13.1 Å². The summed E-state index contributed by atoms with van der Waals surface area (Å²) >= 11 is 0. The van der Waals surface area contributed by atoms with Crippen LogP contribution in [0, 0.1) is 0 Å². The fourth-order valence-corrected chi connectivity index (χ4v) is 3.25. The van der Waals surface area contributed by atoms with Gasteiger partial charge in [-0.1, -0.05) is 42.8 Å². The number of ether oxygens (including phenoxy) is 1. The van der Waals surface area contributed by atoms with E-state index in [0.717, 1.165) is 30.4 Å². The summed E-state index contributed by atoms with van der Waals surface area (Å²) in [5.74, 6) is 0.564. The maximum atomic E-state index is 11.8. The van der Waals surface area contributed by atoms with Crippen molar-refractivity contribution in [2.24, 2.45) is 0 Å². The van der Waals surface area contributed by atoms with Gasteiger partial charge in [0.2, 0.25) is 0 Å². The second-order valence-corrected chi connectivity index (χ2v) is 8.89. The molecule has 2 aromatic rings. The Balaban J connectivity index is 1.79. The zero-order valence-electron chi connectivity index (χ0n) is 19.4. The Morgan fingerprint density at radius 3 is 2.12 bits per heavy atom. The van der Waals surface area contributed by atoms with Crippen LogP contribution < -0.4 is 16.0 Å². The quantitative estimate of drug-likeness (QED) is 0.317. The number of alkyl carbamates (subject to hydrolysis) is 1. The van der Waals surface area contributed by atoms with Gasteiger partial charge in [-0.25, -0.2) is 4.79 Å². The molecule has 1 amide bonds. The summed E-state index contributed by atoms with van der Waals surface area (Å²) in [5.41, 5.74) is 1.21. The lowest BCUT2D eigenvalue weighted by molar-refractivity contribution is 0.0527. The molecule has 7 nitrogen and oxygen atoms in total. The van der Waals surface area contributed by atoms with E-state index in [-0.39, 0.29) is 17.5 Å². The standard InChI is InChI=1S/C25H37N3O4/c1-25(2,3)32-24(31)27-15-9-8-12-21(28-17-20-11-5-7-14-23(20)30)18-26-16-19-10-4-6-13-22(19)29/h4-7,10-11,13-14,21,26,28-30H,8-9,12,15-18H2,1-3H3,(H,27,31). The van der Waals surface area contributed by atoms with E-state index in [9.17, 15) is 15.0 Å². The van der Waals surface area contributed by atoms with Gasteiger partial charge in [-0.05, 0) is 45.7 Å². The molecule has 0 bridgehead atoms. The second-order valence-electron chi connectivity index (χ2n) is 8.89. The zero-order valence-corrected chi connectivity index (χ0v) is 19.4. The SMILES string of the molecule is CC(C)(C)OC(=O)NCCCCC(CNCc1ccccc1O)NCc1ccccc1O. The summed E-state index contributed by atoms with van der Waals surface area (Å²) in [6.07, 6.45) is 2.27. The minimum atomic E-state index is -0.499. The molecule has 0 fully saturated rings. The molecule has 0 aliphatic carbocycles. The fourth-order valence-electron chi connectivity index (χ4n) is 3.25. The van der Waals surface area contributed by atoms with Gasteiger partial charge in [0.1, 0.15) is 17.1 Å². The van der Waals surface area contributed by atoms with Crippen LogP contribution in [-0.4, -0.2) is 41.0 Å². The summed E-state index contributed by atoms with van der Waals surface area (Å²) < 4.78 is 5.25. The summed E-state index contributed by atoms with van der Waals surface area (Å²) in [7, 11) is 0. The van der Waals surface area contributed by atoms with Crippen molar-refractivity contribution in [2.45, 2.75) is 64.8 Å². The number of amides is 1. The Hall–Kier alpha value is -2.77. The number of rotatable bonds is 12. The summed E-state index contributed by atoms with van der Waals surface area (Å²) in [6.45, 7) is 7.93. The first-order valence-corrected chi connectivity index (χ1v) is 11.2. The molecule has 0 aliphatic rings. The molecule has 2 rings (SSSR count). The highest BCUT2D eigenvalue weighted by atomic mass is 16.6. The summed E-state index contributed by atoms with van der Waals surface area (Å²) in [6, 6.07) is 14.8. The Morgan fingerprint density at radius 1 is 0.938 bits per heavy atom. The van der Waals surface area contributed by atoms with Crippen molar-refractivity contribution in [3.63, 3.8) is 0 Å². The molecular weight excluding hydrogens is 406 g/mol. The van der Waals surface area contributed by atoms with Gasteiger partial charge in [0, 0.05) is 43.3 Å². The molecule has 0 saturated heterocycles. The van der Waals surface area contributed by atoms with E-state index in [1.807, 2.05) is 51.1 Å². The van der Waals surface area contributed by atoms with E-state index in [4.69, 9.17) is 4.74 Å². The molecule has 1 unspecified atom stereocenters. The molecule has 176 valence electrons. The first-order valence-electron chi connectivity index (χ1n) is 11.2. The predicted octanol–water partition coefficient (Wildman–Crippen LogP) is 4.04. The third-order valence-electron chi connectivity index (χ3n) is 4.92. The Kier molecular flexibility index (Phi) is 10.3. The van der Waals surface area contributed by atoms with Gasteiger partial charge in [-0.15, -0.1) is 0 Å². The smallest absolute Gasteiger partial charge is 0.407 e. The van der Waals surface area contributed by atoms with Gasteiger partial charge in [-0.2, -0.15) is 0 Å². The average Bonchev–Trinajstić information content (AvgIpc) is 2.72. The van der Waals surface area contributed by atoms with Crippen molar-refractivity contribution >= 4 is 6.09 Å². The Morgan fingerprint density at radius 2 is 1.53 bits per heavy atom. The van der Waals surface area contributed by atoms with Crippen LogP contribution in [0.5, 0.6) is 11.5 Å². The lowest BCUT2D eigenvalue weighted by Gasteiger charge is -2.21. The van der Waals surface area contributed by atoms with Gasteiger partial charge >= 0.3 is 6.09 Å². The first-order chi connectivity index (χ1) is 15.2. The van der Waals surface area contributed by atoms with Crippen LogP contribution in [0.2, 0.25) is 0 Å². The van der Waals surface area contributed by atoms with Crippen LogP contribution in [0.1, 0.15) is 51.2 Å². The lowest BCUT2D eigenvalue weighted by Crippen LogP contribution is -2.38. The van der Waals surface area contributed by atoms with E-state index < -0.39 is 11.7 Å². The van der Waals surface area contributed by atoms with E-state index in [0.29, 0.717) is 26.2 Å². The number of aromatic hydroxyl groups is 2. The Labute approximate surface area is 191 Å². The molecular formula is C25H37N3O4. The number of carbonyl (C=O) groups excluding carboxylic acids is 1. The molecule has 7 heteroatoms. The van der Waals surface area contributed by atoms with Gasteiger partial charge in [0.15, 0.2) is 0 Å². The van der Waals surface area contributed by atoms with Crippen molar-refractivity contribution in [1.29, 1.82) is 0 Å². The molecule has 0 aromatic heterocycles. The van der Waals surface area contributed by atoms with E-state index in [2.05, 4.69) is 16.0 Å². The highest BCUT2D eigenvalue weighted by Crippen LogP contribution is 2.16. The zero-order chi connectivity index (χ0) is 23.4. The fraction of sp³-hybridized carbons (Fsp3) is 0.480. The van der Waals surface area contributed by atoms with Gasteiger partial charge in [0.25, 0.3) is 0 Å². The van der Waals surface area contributed by atoms with Crippen LogP contribution in [0.4, 0.5) is 4.79 Å². The Bertz CT molecular complexity index is 836. The minimum Gasteiger partial charge on any atom is -0.508 e. The van der Waals surface area contributed by atoms with Crippen LogP contribution >= 0.6 is 0 Å². The normalized spacial score (nSPS) is 12.3. The molecule has 0 spiro atoms. The maximum Gasteiger partial charge on any atom is 0.407 e. The van der Waals surface area contributed by atoms with E-state index >= 15 is 0 Å². The monoisotopic (exact) mass is 443 g/mol. The second kappa shape index (κ2) is 12.9. The topological polar surface area (TPSA) is 103 Å².